The van der Waals surface area contributed by atoms with Gasteiger partial charge in [-0.05, 0) is 61.0 Å². The van der Waals surface area contributed by atoms with Gasteiger partial charge in [0.25, 0.3) is 5.91 Å². The molecule has 28 heavy (non-hydrogen) atoms. The number of carbonyl (C=O) groups is 1. The van der Waals surface area contributed by atoms with E-state index < -0.39 is 0 Å². The molecular weight excluding hydrogens is 357 g/mol. The number of hydrogen-bond donors (Lipinski definition) is 1. The second-order valence-electron chi connectivity index (χ2n) is 6.36. The van der Waals surface area contributed by atoms with Crippen molar-refractivity contribution in [2.75, 3.05) is 0 Å². The fourth-order valence-corrected chi connectivity index (χ4v) is 3.01. The summed E-state index contributed by atoms with van der Waals surface area (Å²) in [5.74, 6) is 0.654. The summed E-state index contributed by atoms with van der Waals surface area (Å²) in [6.07, 6.45) is 1.82. The van der Waals surface area contributed by atoms with E-state index in [2.05, 4.69) is 10.3 Å². The average Bonchev–Trinajstić information content (AvgIpc) is 3.04. The second-order valence-corrected chi connectivity index (χ2v) is 6.36. The molecule has 0 aliphatic carbocycles. The highest BCUT2D eigenvalue weighted by Crippen LogP contribution is 2.22. The number of nitrogens with zero attached hydrogens (tertiary/aromatic N) is 2. The minimum atomic E-state index is -0.313. The van der Waals surface area contributed by atoms with Gasteiger partial charge in [0.2, 0.25) is 0 Å². The Labute approximate surface area is 161 Å². The lowest BCUT2D eigenvalue weighted by molar-refractivity contribution is 0.0944. The van der Waals surface area contributed by atoms with Crippen molar-refractivity contribution >= 4 is 11.6 Å². The van der Waals surface area contributed by atoms with E-state index in [9.17, 15) is 9.18 Å². The summed E-state index contributed by atoms with van der Waals surface area (Å²) in [4.78, 5) is 17.1. The molecule has 0 spiro atoms. The number of imidazole rings is 1. The Morgan fingerprint density at radius 2 is 1.89 bits per heavy atom. The molecule has 1 N–H and O–H groups in total. The molecule has 6 heteroatoms. The highest BCUT2D eigenvalue weighted by molar-refractivity contribution is 5.94. The standard InChI is InChI=1S/C22H18FN3O2/c1-15-21(26-12-3-2-7-20(26)25-15)22(27)24-14-16-5-4-6-19(13-16)28-18-10-8-17(23)9-11-18/h2-13H,14H2,1H3,(H,24,27). The predicted octanol–water partition coefficient (Wildman–Crippen LogP) is 4.50. The van der Waals surface area contributed by atoms with Crippen molar-refractivity contribution in [3.8, 4) is 11.5 Å². The molecule has 0 radical (unpaired) electrons. The first-order chi connectivity index (χ1) is 13.6. The molecule has 0 bridgehead atoms. The summed E-state index contributed by atoms with van der Waals surface area (Å²) < 4.78 is 20.5. The summed E-state index contributed by atoms with van der Waals surface area (Å²) in [6, 6.07) is 18.8. The fraction of sp³-hybridized carbons (Fsp3) is 0.0909. The maximum atomic E-state index is 13.0. The minimum Gasteiger partial charge on any atom is -0.457 e. The van der Waals surface area contributed by atoms with Gasteiger partial charge in [-0.1, -0.05) is 18.2 Å². The van der Waals surface area contributed by atoms with Crippen LogP contribution in [0.5, 0.6) is 11.5 Å². The van der Waals surface area contributed by atoms with Crippen LogP contribution in [0.25, 0.3) is 5.65 Å². The molecular formula is C22H18FN3O2. The Balaban J connectivity index is 1.46. The molecule has 0 fully saturated rings. The molecule has 0 saturated carbocycles. The third-order valence-corrected chi connectivity index (χ3v) is 4.32. The van der Waals surface area contributed by atoms with Crippen LogP contribution in [0, 0.1) is 12.7 Å². The van der Waals surface area contributed by atoms with Gasteiger partial charge in [0.15, 0.2) is 0 Å². The summed E-state index contributed by atoms with van der Waals surface area (Å²) in [5.41, 5.74) is 2.82. The number of aromatic nitrogens is 2. The van der Waals surface area contributed by atoms with Gasteiger partial charge in [-0.25, -0.2) is 9.37 Å². The zero-order valence-corrected chi connectivity index (χ0v) is 15.2. The van der Waals surface area contributed by atoms with Crippen LogP contribution in [0.2, 0.25) is 0 Å². The summed E-state index contributed by atoms with van der Waals surface area (Å²) in [5, 5.41) is 2.93. The topological polar surface area (TPSA) is 55.6 Å². The molecule has 0 saturated heterocycles. The lowest BCUT2D eigenvalue weighted by Gasteiger charge is -2.09. The number of ether oxygens (including phenoxy) is 1. The summed E-state index contributed by atoms with van der Waals surface area (Å²) >= 11 is 0. The first kappa shape index (κ1) is 17.7. The smallest absolute Gasteiger partial charge is 0.270 e. The Hall–Kier alpha value is -3.67. The number of carbonyl (C=O) groups excluding carboxylic acids is 1. The van der Waals surface area contributed by atoms with Gasteiger partial charge in [0, 0.05) is 12.7 Å². The minimum absolute atomic E-state index is 0.193. The molecule has 1 amide bonds. The van der Waals surface area contributed by atoms with Crippen molar-refractivity contribution in [1.82, 2.24) is 14.7 Å². The van der Waals surface area contributed by atoms with E-state index in [1.807, 2.05) is 55.6 Å². The maximum Gasteiger partial charge on any atom is 0.270 e. The lowest BCUT2D eigenvalue weighted by Crippen LogP contribution is -2.24. The monoisotopic (exact) mass is 375 g/mol. The number of fused-ring (bicyclic) bond motifs is 1. The van der Waals surface area contributed by atoms with Crippen LogP contribution in [-0.2, 0) is 6.54 Å². The van der Waals surface area contributed by atoms with Crippen LogP contribution in [0.3, 0.4) is 0 Å². The average molecular weight is 375 g/mol. The second kappa shape index (κ2) is 7.52. The van der Waals surface area contributed by atoms with Gasteiger partial charge in [0.1, 0.15) is 28.7 Å². The van der Waals surface area contributed by atoms with Crippen LogP contribution in [0.4, 0.5) is 4.39 Å². The molecule has 0 atom stereocenters. The number of aryl methyl sites for hydroxylation is 1. The molecule has 2 heterocycles. The third-order valence-electron chi connectivity index (χ3n) is 4.32. The Bertz CT molecular complexity index is 1140. The SMILES string of the molecule is Cc1nc2ccccn2c1C(=O)NCc1cccc(Oc2ccc(F)cc2)c1. The normalized spacial score (nSPS) is 10.8. The van der Waals surface area contributed by atoms with E-state index >= 15 is 0 Å². The van der Waals surface area contributed by atoms with Crippen LogP contribution in [0.1, 0.15) is 21.7 Å². The first-order valence-electron chi connectivity index (χ1n) is 8.84. The quantitative estimate of drug-likeness (QED) is 0.559. The van der Waals surface area contributed by atoms with Gasteiger partial charge < -0.3 is 10.1 Å². The number of pyridine rings is 1. The van der Waals surface area contributed by atoms with Crippen molar-refractivity contribution in [2.24, 2.45) is 0 Å². The van der Waals surface area contributed by atoms with Gasteiger partial charge in [-0.2, -0.15) is 0 Å². The fourth-order valence-electron chi connectivity index (χ4n) is 3.01. The number of nitrogens with one attached hydrogen (secondary N) is 1. The molecule has 0 unspecified atom stereocenters. The van der Waals surface area contributed by atoms with E-state index in [-0.39, 0.29) is 11.7 Å². The largest absolute Gasteiger partial charge is 0.457 e. The molecule has 2 aromatic heterocycles. The number of hydrogen-bond acceptors (Lipinski definition) is 3. The summed E-state index contributed by atoms with van der Waals surface area (Å²) in [6.45, 7) is 2.16. The molecule has 0 aliphatic heterocycles. The number of halogens is 1. The predicted molar refractivity (Wildman–Crippen MR) is 104 cm³/mol. The lowest BCUT2D eigenvalue weighted by atomic mass is 10.2. The molecule has 4 aromatic rings. The molecule has 4 rings (SSSR count). The Morgan fingerprint density at radius 3 is 2.71 bits per heavy atom. The Morgan fingerprint density at radius 1 is 1.07 bits per heavy atom. The van der Waals surface area contributed by atoms with Crippen LogP contribution in [0.15, 0.2) is 72.9 Å². The van der Waals surface area contributed by atoms with E-state index in [4.69, 9.17) is 4.74 Å². The first-order valence-corrected chi connectivity index (χ1v) is 8.84. The van der Waals surface area contributed by atoms with E-state index in [0.29, 0.717) is 29.4 Å². The van der Waals surface area contributed by atoms with Crippen molar-refractivity contribution < 1.29 is 13.9 Å². The van der Waals surface area contributed by atoms with Gasteiger partial charge in [-0.3, -0.25) is 9.20 Å². The molecule has 5 nitrogen and oxygen atoms in total. The van der Waals surface area contributed by atoms with Gasteiger partial charge >= 0.3 is 0 Å². The van der Waals surface area contributed by atoms with Crippen molar-refractivity contribution in [2.45, 2.75) is 13.5 Å². The molecule has 2 aromatic carbocycles. The van der Waals surface area contributed by atoms with Gasteiger partial charge in [-0.15, -0.1) is 0 Å². The number of rotatable bonds is 5. The molecule has 0 aliphatic rings. The molecule has 140 valence electrons. The van der Waals surface area contributed by atoms with E-state index in [0.717, 1.165) is 11.2 Å². The van der Waals surface area contributed by atoms with Gasteiger partial charge in [0.05, 0.1) is 5.69 Å². The van der Waals surface area contributed by atoms with Crippen molar-refractivity contribution in [1.29, 1.82) is 0 Å². The zero-order valence-electron chi connectivity index (χ0n) is 15.2. The number of amides is 1. The van der Waals surface area contributed by atoms with Crippen LogP contribution < -0.4 is 10.1 Å². The van der Waals surface area contributed by atoms with Crippen LogP contribution in [-0.4, -0.2) is 15.3 Å². The summed E-state index contributed by atoms with van der Waals surface area (Å²) in [7, 11) is 0. The zero-order chi connectivity index (χ0) is 19.5. The van der Waals surface area contributed by atoms with Crippen molar-refractivity contribution in [3.05, 3.63) is 95.7 Å². The highest BCUT2D eigenvalue weighted by Gasteiger charge is 2.15. The Kier molecular flexibility index (Phi) is 4.76. The van der Waals surface area contributed by atoms with Crippen molar-refractivity contribution in [3.63, 3.8) is 0 Å². The van der Waals surface area contributed by atoms with E-state index in [1.165, 1.54) is 12.1 Å². The number of benzene rings is 2. The van der Waals surface area contributed by atoms with Crippen LogP contribution >= 0.6 is 0 Å². The highest BCUT2D eigenvalue weighted by atomic mass is 19.1. The van der Waals surface area contributed by atoms with E-state index in [1.54, 1.807) is 16.5 Å². The maximum absolute atomic E-state index is 13.0. The third kappa shape index (κ3) is 3.71.